The van der Waals surface area contributed by atoms with Gasteiger partial charge in [0, 0.05) is 32.6 Å². The predicted molar refractivity (Wildman–Crippen MR) is 161 cm³/mol. The number of amides is 2. The summed E-state index contributed by atoms with van der Waals surface area (Å²) in [5.74, 6) is 0.109. The van der Waals surface area contributed by atoms with E-state index in [4.69, 9.17) is 0 Å². The largest absolute Gasteiger partial charge is 0.354 e. The fourth-order valence-corrected chi connectivity index (χ4v) is 6.61. The van der Waals surface area contributed by atoms with Crippen molar-refractivity contribution in [2.45, 2.75) is 63.4 Å². The van der Waals surface area contributed by atoms with E-state index in [0.717, 1.165) is 36.0 Å². The Labute approximate surface area is 244 Å². The third-order valence-corrected chi connectivity index (χ3v) is 9.38. The molecule has 3 aromatic rings. The summed E-state index contributed by atoms with van der Waals surface area (Å²) >= 11 is 0. The minimum absolute atomic E-state index is 0.143. The van der Waals surface area contributed by atoms with Crippen molar-refractivity contribution in [3.05, 3.63) is 102 Å². The highest BCUT2D eigenvalue weighted by molar-refractivity contribution is 7.89. The van der Waals surface area contributed by atoms with Crippen molar-refractivity contribution in [2.75, 3.05) is 19.6 Å². The SMILES string of the molecule is CC(C)CCNC(=O)C(c1ccccc1)N(Cc1ccccc1)C(=O)CCc1ccc(S(=O)(=O)N2CCCC2)cc1. The maximum absolute atomic E-state index is 13.9. The van der Waals surface area contributed by atoms with E-state index in [1.807, 2.05) is 60.7 Å². The predicted octanol–water partition coefficient (Wildman–Crippen LogP) is 5.34. The van der Waals surface area contributed by atoms with Crippen LogP contribution in [0.2, 0.25) is 0 Å². The van der Waals surface area contributed by atoms with Crippen molar-refractivity contribution in [1.82, 2.24) is 14.5 Å². The molecule has 0 bridgehead atoms. The summed E-state index contributed by atoms with van der Waals surface area (Å²) in [5.41, 5.74) is 2.57. The number of hydrogen-bond donors (Lipinski definition) is 1. The molecule has 1 N–H and O–H groups in total. The average Bonchev–Trinajstić information content (AvgIpc) is 3.53. The van der Waals surface area contributed by atoms with Gasteiger partial charge in [0.25, 0.3) is 0 Å². The lowest BCUT2D eigenvalue weighted by Gasteiger charge is -2.32. The van der Waals surface area contributed by atoms with Crippen LogP contribution >= 0.6 is 0 Å². The number of nitrogens with zero attached hydrogens (tertiary/aromatic N) is 2. The summed E-state index contributed by atoms with van der Waals surface area (Å²) in [5, 5.41) is 3.06. The molecule has 1 atom stereocenters. The molecule has 41 heavy (non-hydrogen) atoms. The highest BCUT2D eigenvalue weighted by Gasteiger charge is 2.31. The van der Waals surface area contributed by atoms with Gasteiger partial charge < -0.3 is 10.2 Å². The molecule has 0 aliphatic carbocycles. The molecule has 1 saturated heterocycles. The third-order valence-electron chi connectivity index (χ3n) is 7.47. The lowest BCUT2D eigenvalue weighted by atomic mass is 10.0. The Morgan fingerprint density at radius 1 is 0.854 bits per heavy atom. The minimum Gasteiger partial charge on any atom is -0.354 e. The van der Waals surface area contributed by atoms with Crippen LogP contribution in [0.25, 0.3) is 0 Å². The molecule has 1 unspecified atom stereocenters. The number of benzene rings is 3. The first-order valence-corrected chi connectivity index (χ1v) is 15.9. The molecule has 7 nitrogen and oxygen atoms in total. The molecule has 1 heterocycles. The molecule has 8 heteroatoms. The van der Waals surface area contributed by atoms with Crippen LogP contribution in [0.1, 0.15) is 62.3 Å². The Morgan fingerprint density at radius 3 is 2.07 bits per heavy atom. The lowest BCUT2D eigenvalue weighted by molar-refractivity contribution is -0.141. The summed E-state index contributed by atoms with van der Waals surface area (Å²) in [6.45, 7) is 6.18. The topological polar surface area (TPSA) is 86.8 Å². The summed E-state index contributed by atoms with van der Waals surface area (Å²) in [7, 11) is -3.49. The van der Waals surface area contributed by atoms with Crippen LogP contribution in [0, 0.1) is 5.92 Å². The number of rotatable bonds is 13. The molecule has 3 aromatic carbocycles. The van der Waals surface area contributed by atoms with Crippen LogP contribution in [-0.4, -0.2) is 49.1 Å². The maximum atomic E-state index is 13.9. The van der Waals surface area contributed by atoms with E-state index < -0.39 is 16.1 Å². The Balaban J connectivity index is 1.54. The first-order chi connectivity index (χ1) is 19.8. The van der Waals surface area contributed by atoms with Gasteiger partial charge in [-0.2, -0.15) is 4.31 Å². The van der Waals surface area contributed by atoms with Crippen molar-refractivity contribution in [1.29, 1.82) is 0 Å². The highest BCUT2D eigenvalue weighted by Crippen LogP contribution is 2.26. The summed E-state index contributed by atoms with van der Waals surface area (Å²) in [6, 6.07) is 25.2. The molecule has 4 rings (SSSR count). The van der Waals surface area contributed by atoms with Gasteiger partial charge in [0.1, 0.15) is 6.04 Å². The number of carbonyl (C=O) groups is 2. The monoisotopic (exact) mass is 575 g/mol. The van der Waals surface area contributed by atoms with Gasteiger partial charge in [0.05, 0.1) is 4.90 Å². The second kappa shape index (κ2) is 14.4. The molecule has 1 fully saturated rings. The summed E-state index contributed by atoms with van der Waals surface area (Å²) in [4.78, 5) is 29.4. The number of aryl methyl sites for hydroxylation is 1. The van der Waals surface area contributed by atoms with Crippen LogP contribution in [0.3, 0.4) is 0 Å². The van der Waals surface area contributed by atoms with Gasteiger partial charge in [-0.15, -0.1) is 0 Å². The fourth-order valence-electron chi connectivity index (χ4n) is 5.09. The second-order valence-corrected chi connectivity index (χ2v) is 13.0. The quantitative estimate of drug-likeness (QED) is 0.298. The Hall–Kier alpha value is -3.49. The first kappa shape index (κ1) is 30.5. The third kappa shape index (κ3) is 8.27. The highest BCUT2D eigenvalue weighted by atomic mass is 32.2. The zero-order chi connectivity index (χ0) is 29.2. The molecule has 1 aliphatic heterocycles. The molecule has 2 amide bonds. The number of carbonyl (C=O) groups excluding carboxylic acids is 2. The molecular formula is C33H41N3O4S. The fraction of sp³-hybridized carbons (Fsp3) is 0.394. The van der Waals surface area contributed by atoms with E-state index in [-0.39, 0.29) is 23.1 Å². The zero-order valence-electron chi connectivity index (χ0n) is 24.0. The van der Waals surface area contributed by atoms with E-state index in [9.17, 15) is 18.0 Å². The Morgan fingerprint density at radius 2 is 1.46 bits per heavy atom. The van der Waals surface area contributed by atoms with Gasteiger partial charge in [-0.1, -0.05) is 86.6 Å². The van der Waals surface area contributed by atoms with Gasteiger partial charge in [-0.25, -0.2) is 8.42 Å². The molecule has 218 valence electrons. The Bertz CT molecular complexity index is 1370. The van der Waals surface area contributed by atoms with Gasteiger partial charge >= 0.3 is 0 Å². The molecule has 0 radical (unpaired) electrons. The van der Waals surface area contributed by atoms with E-state index in [0.29, 0.717) is 38.5 Å². The smallest absolute Gasteiger partial charge is 0.247 e. The second-order valence-electron chi connectivity index (χ2n) is 11.0. The summed E-state index contributed by atoms with van der Waals surface area (Å²) in [6.07, 6.45) is 3.25. The van der Waals surface area contributed by atoms with Crippen molar-refractivity contribution in [2.24, 2.45) is 5.92 Å². The lowest BCUT2D eigenvalue weighted by Crippen LogP contribution is -2.43. The number of nitrogens with one attached hydrogen (secondary N) is 1. The number of sulfonamides is 1. The van der Waals surface area contributed by atoms with Crippen molar-refractivity contribution in [3.63, 3.8) is 0 Å². The molecule has 0 saturated carbocycles. The molecule has 1 aliphatic rings. The first-order valence-electron chi connectivity index (χ1n) is 14.5. The Kier molecular flexibility index (Phi) is 10.7. The van der Waals surface area contributed by atoms with Gasteiger partial charge in [-0.05, 0) is 60.4 Å². The van der Waals surface area contributed by atoms with E-state index >= 15 is 0 Å². The van der Waals surface area contributed by atoms with Crippen LogP contribution in [-0.2, 0) is 32.6 Å². The van der Waals surface area contributed by atoms with Crippen molar-refractivity contribution < 1.29 is 18.0 Å². The van der Waals surface area contributed by atoms with Crippen molar-refractivity contribution >= 4 is 21.8 Å². The number of hydrogen-bond acceptors (Lipinski definition) is 4. The van der Waals surface area contributed by atoms with Crippen LogP contribution in [0.5, 0.6) is 0 Å². The summed E-state index contributed by atoms with van der Waals surface area (Å²) < 4.78 is 27.3. The van der Waals surface area contributed by atoms with Crippen molar-refractivity contribution in [3.8, 4) is 0 Å². The molecule has 0 spiro atoms. The van der Waals surface area contributed by atoms with E-state index in [1.165, 1.54) is 4.31 Å². The average molecular weight is 576 g/mol. The van der Waals surface area contributed by atoms with Gasteiger partial charge in [0.15, 0.2) is 0 Å². The standard InChI is InChI=1S/C33H41N3O4S/c1-26(2)21-22-34-33(38)32(29-13-7-4-8-14-29)36(25-28-11-5-3-6-12-28)31(37)20-17-27-15-18-30(19-16-27)41(39,40)35-23-9-10-24-35/h3-8,11-16,18-19,26,32H,9-10,17,20-25H2,1-2H3,(H,34,38). The van der Waals surface area contributed by atoms with Gasteiger partial charge in [0.2, 0.25) is 21.8 Å². The van der Waals surface area contributed by atoms with Crippen LogP contribution in [0.15, 0.2) is 89.8 Å². The van der Waals surface area contributed by atoms with E-state index in [1.54, 1.807) is 29.2 Å². The minimum atomic E-state index is -3.49. The van der Waals surface area contributed by atoms with E-state index in [2.05, 4.69) is 19.2 Å². The molecule has 0 aromatic heterocycles. The van der Waals surface area contributed by atoms with Gasteiger partial charge in [-0.3, -0.25) is 9.59 Å². The van der Waals surface area contributed by atoms with Crippen LogP contribution < -0.4 is 5.32 Å². The maximum Gasteiger partial charge on any atom is 0.247 e. The zero-order valence-corrected chi connectivity index (χ0v) is 24.9. The van der Waals surface area contributed by atoms with Crippen LogP contribution in [0.4, 0.5) is 0 Å². The normalized spacial score (nSPS) is 14.6. The molecular weight excluding hydrogens is 534 g/mol.